The molecule has 0 aliphatic heterocycles. The van der Waals surface area contributed by atoms with Crippen LogP contribution in [0.3, 0.4) is 0 Å². The van der Waals surface area contributed by atoms with Crippen molar-refractivity contribution in [1.29, 1.82) is 0 Å². The largest absolute Gasteiger partial charge is 0.375 e. The highest BCUT2D eigenvalue weighted by Gasteiger charge is 2.04. The number of nitrogens with zero attached hydrogens (tertiary/aromatic N) is 1. The maximum atomic E-state index is 6.03. The van der Waals surface area contributed by atoms with Crippen LogP contribution in [0.25, 0.3) is 0 Å². The van der Waals surface area contributed by atoms with Gasteiger partial charge >= 0.3 is 0 Å². The van der Waals surface area contributed by atoms with Crippen molar-refractivity contribution >= 4 is 0 Å². The summed E-state index contributed by atoms with van der Waals surface area (Å²) in [5, 5.41) is 0. The Bertz CT molecular complexity index is 459. The van der Waals surface area contributed by atoms with Gasteiger partial charge in [-0.15, -0.1) is 0 Å². The van der Waals surface area contributed by atoms with Crippen LogP contribution in [0, 0.1) is 0 Å². The summed E-state index contributed by atoms with van der Waals surface area (Å²) < 4.78 is 5.62. The van der Waals surface area contributed by atoms with Gasteiger partial charge in [-0.05, 0) is 30.5 Å². The van der Waals surface area contributed by atoms with Gasteiger partial charge in [0.25, 0.3) is 0 Å². The highest BCUT2D eigenvalue weighted by Crippen LogP contribution is 2.04. The number of pyridine rings is 1. The van der Waals surface area contributed by atoms with Crippen molar-refractivity contribution in [2.45, 2.75) is 25.5 Å². The third kappa shape index (κ3) is 5.20. The summed E-state index contributed by atoms with van der Waals surface area (Å²) in [6, 6.07) is 16.1. The molecule has 0 aliphatic rings. The van der Waals surface area contributed by atoms with E-state index in [2.05, 4.69) is 17.1 Å². The minimum Gasteiger partial charge on any atom is -0.375 e. The first-order valence-electron chi connectivity index (χ1n) is 6.62. The average Bonchev–Trinajstić information content (AvgIpc) is 2.47. The van der Waals surface area contributed by atoms with Crippen LogP contribution in [-0.4, -0.2) is 17.6 Å². The molecule has 0 unspecified atom stereocenters. The number of hydrogen-bond acceptors (Lipinski definition) is 3. The van der Waals surface area contributed by atoms with Crippen LogP contribution >= 0.6 is 0 Å². The van der Waals surface area contributed by atoms with Crippen molar-refractivity contribution in [3.8, 4) is 0 Å². The third-order valence-corrected chi connectivity index (χ3v) is 2.94. The van der Waals surface area contributed by atoms with Crippen LogP contribution in [0.15, 0.2) is 54.7 Å². The van der Waals surface area contributed by atoms with Crippen molar-refractivity contribution in [2.24, 2.45) is 5.73 Å². The second kappa shape index (κ2) is 7.67. The molecule has 0 spiro atoms. The van der Waals surface area contributed by atoms with E-state index in [4.69, 9.17) is 10.5 Å². The molecule has 0 saturated heterocycles. The van der Waals surface area contributed by atoms with Crippen molar-refractivity contribution in [3.05, 3.63) is 66.0 Å². The lowest BCUT2D eigenvalue weighted by molar-refractivity contribution is 0.106. The number of ether oxygens (including phenoxy) is 1. The molecule has 100 valence electrons. The van der Waals surface area contributed by atoms with Gasteiger partial charge in [0.2, 0.25) is 0 Å². The Morgan fingerprint density at radius 1 is 1.05 bits per heavy atom. The smallest absolute Gasteiger partial charge is 0.0717 e. The summed E-state index contributed by atoms with van der Waals surface area (Å²) in [6.45, 7) is 1.21. The van der Waals surface area contributed by atoms with Gasteiger partial charge in [0.1, 0.15) is 0 Å². The molecule has 0 fully saturated rings. The molecule has 3 heteroatoms. The summed E-state index contributed by atoms with van der Waals surface area (Å²) in [6.07, 6.45) is 3.61. The lowest BCUT2D eigenvalue weighted by Crippen LogP contribution is -2.26. The first kappa shape index (κ1) is 13.7. The van der Waals surface area contributed by atoms with Crippen LogP contribution in [0.5, 0.6) is 0 Å². The molecule has 1 aromatic heterocycles. The second-order valence-corrected chi connectivity index (χ2v) is 4.62. The Balaban J connectivity index is 1.64. The molecule has 3 nitrogen and oxygen atoms in total. The number of aryl methyl sites for hydroxylation is 1. The lowest BCUT2D eigenvalue weighted by atomic mass is 10.1. The van der Waals surface area contributed by atoms with Gasteiger partial charge in [-0.3, -0.25) is 4.98 Å². The monoisotopic (exact) mass is 256 g/mol. The molecule has 0 radical (unpaired) electrons. The molecule has 19 heavy (non-hydrogen) atoms. The number of rotatable bonds is 7. The number of hydrogen-bond donors (Lipinski definition) is 1. The highest BCUT2D eigenvalue weighted by molar-refractivity contribution is 5.13. The molecular formula is C16H20N2O. The zero-order valence-corrected chi connectivity index (χ0v) is 11.0. The molecule has 1 heterocycles. The fourth-order valence-electron chi connectivity index (χ4n) is 1.87. The van der Waals surface area contributed by atoms with Crippen LogP contribution in [0.2, 0.25) is 0 Å². The van der Waals surface area contributed by atoms with E-state index in [9.17, 15) is 0 Å². The molecule has 0 amide bonds. The maximum Gasteiger partial charge on any atom is 0.0717 e. The van der Waals surface area contributed by atoms with E-state index in [1.807, 2.05) is 42.6 Å². The van der Waals surface area contributed by atoms with E-state index in [-0.39, 0.29) is 6.04 Å². The molecule has 0 bridgehead atoms. The van der Waals surface area contributed by atoms with Gasteiger partial charge in [-0.1, -0.05) is 36.4 Å². The molecular weight excluding hydrogens is 236 g/mol. The van der Waals surface area contributed by atoms with E-state index in [0.29, 0.717) is 13.2 Å². The van der Waals surface area contributed by atoms with Crippen molar-refractivity contribution < 1.29 is 4.74 Å². The van der Waals surface area contributed by atoms with Gasteiger partial charge in [0.15, 0.2) is 0 Å². The standard InChI is InChI=1S/C16H20N2O/c17-15(9-10-16-8-4-5-11-18-16)13-19-12-14-6-2-1-3-7-14/h1-8,11,15H,9-10,12-13,17H2/t15-/m1/s1. The first-order valence-corrected chi connectivity index (χ1v) is 6.62. The van der Waals surface area contributed by atoms with Gasteiger partial charge in [-0.2, -0.15) is 0 Å². The Morgan fingerprint density at radius 2 is 1.84 bits per heavy atom. The number of aromatic nitrogens is 1. The molecule has 0 saturated carbocycles. The Labute approximate surface area is 114 Å². The van der Waals surface area contributed by atoms with E-state index in [0.717, 1.165) is 18.5 Å². The zero-order valence-electron chi connectivity index (χ0n) is 11.0. The quantitative estimate of drug-likeness (QED) is 0.828. The van der Waals surface area contributed by atoms with Gasteiger partial charge in [0.05, 0.1) is 13.2 Å². The molecule has 2 N–H and O–H groups in total. The van der Waals surface area contributed by atoms with Crippen molar-refractivity contribution in [1.82, 2.24) is 4.98 Å². The highest BCUT2D eigenvalue weighted by atomic mass is 16.5. The topological polar surface area (TPSA) is 48.1 Å². The summed E-state index contributed by atoms with van der Waals surface area (Å²) >= 11 is 0. The predicted octanol–water partition coefficient (Wildman–Crippen LogP) is 2.56. The summed E-state index contributed by atoms with van der Waals surface area (Å²) in [7, 11) is 0. The number of benzene rings is 1. The van der Waals surface area contributed by atoms with E-state index in [1.165, 1.54) is 5.56 Å². The maximum absolute atomic E-state index is 6.03. The first-order chi connectivity index (χ1) is 9.34. The zero-order chi connectivity index (χ0) is 13.3. The van der Waals surface area contributed by atoms with E-state index < -0.39 is 0 Å². The van der Waals surface area contributed by atoms with Gasteiger partial charge < -0.3 is 10.5 Å². The van der Waals surface area contributed by atoms with Crippen LogP contribution in [0.1, 0.15) is 17.7 Å². The summed E-state index contributed by atoms with van der Waals surface area (Å²) in [5.41, 5.74) is 8.30. The number of nitrogens with two attached hydrogens (primary N) is 1. The molecule has 0 aliphatic carbocycles. The van der Waals surface area contributed by atoms with Gasteiger partial charge in [-0.25, -0.2) is 0 Å². The minimum absolute atomic E-state index is 0.0609. The molecule has 2 rings (SSSR count). The second-order valence-electron chi connectivity index (χ2n) is 4.62. The van der Waals surface area contributed by atoms with Crippen LogP contribution in [-0.2, 0) is 17.8 Å². The SMILES string of the molecule is N[C@H](CCc1ccccn1)COCc1ccccc1. The Morgan fingerprint density at radius 3 is 2.58 bits per heavy atom. The molecule has 1 atom stereocenters. The Kier molecular flexibility index (Phi) is 5.53. The lowest BCUT2D eigenvalue weighted by Gasteiger charge is -2.12. The normalized spacial score (nSPS) is 12.3. The van der Waals surface area contributed by atoms with E-state index in [1.54, 1.807) is 0 Å². The summed E-state index contributed by atoms with van der Waals surface area (Å²) in [4.78, 5) is 4.28. The average molecular weight is 256 g/mol. The minimum atomic E-state index is 0.0609. The third-order valence-electron chi connectivity index (χ3n) is 2.94. The Hall–Kier alpha value is -1.71. The van der Waals surface area contributed by atoms with E-state index >= 15 is 0 Å². The van der Waals surface area contributed by atoms with Crippen molar-refractivity contribution in [3.63, 3.8) is 0 Å². The van der Waals surface area contributed by atoms with Crippen LogP contribution < -0.4 is 5.73 Å². The van der Waals surface area contributed by atoms with Crippen molar-refractivity contribution in [2.75, 3.05) is 6.61 Å². The molecule has 2 aromatic rings. The fraction of sp³-hybridized carbons (Fsp3) is 0.312. The van der Waals surface area contributed by atoms with Crippen LogP contribution in [0.4, 0.5) is 0 Å². The predicted molar refractivity (Wildman–Crippen MR) is 76.6 cm³/mol. The summed E-state index contributed by atoms with van der Waals surface area (Å²) in [5.74, 6) is 0. The molecule has 1 aromatic carbocycles. The fourth-order valence-corrected chi connectivity index (χ4v) is 1.87. The van der Waals surface area contributed by atoms with Gasteiger partial charge in [0, 0.05) is 17.9 Å².